The van der Waals surface area contributed by atoms with E-state index in [1.54, 1.807) is 0 Å². The van der Waals surface area contributed by atoms with Crippen molar-refractivity contribution in [3.8, 4) is 0 Å². The Hall–Kier alpha value is 0.540. The van der Waals surface area contributed by atoms with Crippen LogP contribution in [0, 0.1) is 0 Å². The highest BCUT2D eigenvalue weighted by molar-refractivity contribution is 8.00. The molecule has 0 spiro atoms. The Labute approximate surface area is 107 Å². The van der Waals surface area contributed by atoms with Crippen molar-refractivity contribution in [3.63, 3.8) is 0 Å². The molecule has 0 saturated carbocycles. The van der Waals surface area contributed by atoms with E-state index < -0.39 is 5.66 Å². The molecule has 1 rings (SSSR count). The number of hydrogen-bond donors (Lipinski definition) is 4. The zero-order valence-electron chi connectivity index (χ0n) is 9.84. The van der Waals surface area contributed by atoms with Gasteiger partial charge in [0.1, 0.15) is 0 Å². The lowest BCUT2D eigenvalue weighted by molar-refractivity contribution is 0.391. The van der Waals surface area contributed by atoms with Crippen LogP contribution in [0.25, 0.3) is 0 Å². The second-order valence-electron chi connectivity index (χ2n) is 4.17. The van der Waals surface area contributed by atoms with E-state index >= 15 is 0 Å². The van der Waals surface area contributed by atoms with Gasteiger partial charge in [-0.15, -0.1) is 0 Å². The van der Waals surface area contributed by atoms with Gasteiger partial charge in [0.05, 0.1) is 5.66 Å². The summed E-state index contributed by atoms with van der Waals surface area (Å²) in [6, 6.07) is 0. The van der Waals surface area contributed by atoms with Crippen LogP contribution in [0.2, 0.25) is 0 Å². The summed E-state index contributed by atoms with van der Waals surface area (Å²) in [6.45, 7) is 3.34. The number of nitrogens with one attached hydrogen (secondary N) is 2. The van der Waals surface area contributed by atoms with Gasteiger partial charge < -0.3 is 22.1 Å². The zero-order chi connectivity index (χ0) is 11.7. The largest absolute Gasteiger partial charge is 0.313 e. The first-order valence-electron chi connectivity index (χ1n) is 5.85. The van der Waals surface area contributed by atoms with Crippen LogP contribution in [0.1, 0.15) is 6.42 Å². The molecule has 0 aromatic heterocycles. The van der Waals surface area contributed by atoms with Gasteiger partial charge in [-0.05, 0) is 17.9 Å². The van der Waals surface area contributed by atoms with Crippen LogP contribution in [-0.2, 0) is 0 Å². The van der Waals surface area contributed by atoms with E-state index in [2.05, 4.69) is 10.6 Å². The summed E-state index contributed by atoms with van der Waals surface area (Å²) in [7, 11) is 0. The van der Waals surface area contributed by atoms with Gasteiger partial charge >= 0.3 is 0 Å². The van der Waals surface area contributed by atoms with E-state index in [4.69, 9.17) is 11.5 Å². The Kier molecular flexibility index (Phi) is 7.85. The van der Waals surface area contributed by atoms with Crippen molar-refractivity contribution in [3.05, 3.63) is 0 Å². The van der Waals surface area contributed by atoms with Crippen molar-refractivity contribution in [2.75, 3.05) is 49.2 Å². The molecule has 6 heteroatoms. The van der Waals surface area contributed by atoms with E-state index in [0.29, 0.717) is 13.1 Å². The molecule has 0 bridgehead atoms. The van der Waals surface area contributed by atoms with E-state index in [1.165, 1.54) is 17.9 Å². The fraction of sp³-hybridized carbons (Fsp3) is 1.00. The number of rotatable bonds is 0. The van der Waals surface area contributed by atoms with E-state index in [1.807, 2.05) is 23.5 Å². The predicted octanol–water partition coefficient (Wildman–Crippen LogP) is -0.351. The maximum absolute atomic E-state index is 5.97. The quantitative estimate of drug-likeness (QED) is 0.448. The van der Waals surface area contributed by atoms with Crippen LogP contribution in [0.5, 0.6) is 0 Å². The first-order chi connectivity index (χ1) is 7.71. The summed E-state index contributed by atoms with van der Waals surface area (Å²) in [5, 5.41) is 6.63. The maximum Gasteiger partial charge on any atom is 0.0892 e. The minimum atomic E-state index is -0.626. The Morgan fingerprint density at radius 3 is 1.81 bits per heavy atom. The molecular formula is C10H24N4S2. The Morgan fingerprint density at radius 2 is 1.31 bits per heavy atom. The van der Waals surface area contributed by atoms with Gasteiger partial charge in [-0.3, -0.25) is 0 Å². The molecule has 0 radical (unpaired) electrons. The molecule has 96 valence electrons. The third-order valence-corrected chi connectivity index (χ3v) is 4.47. The topological polar surface area (TPSA) is 76.1 Å². The summed E-state index contributed by atoms with van der Waals surface area (Å²) in [5.74, 6) is 4.82. The van der Waals surface area contributed by atoms with Crippen molar-refractivity contribution in [2.24, 2.45) is 11.5 Å². The van der Waals surface area contributed by atoms with Gasteiger partial charge in [-0.2, -0.15) is 23.5 Å². The van der Waals surface area contributed by atoms with Crippen molar-refractivity contribution in [1.29, 1.82) is 0 Å². The Morgan fingerprint density at radius 1 is 0.812 bits per heavy atom. The summed E-state index contributed by atoms with van der Waals surface area (Å²) >= 11 is 4.01. The lowest BCUT2D eigenvalue weighted by Crippen LogP contribution is -2.62. The SMILES string of the molecule is NC1(N)CNCCSCCCSCCNC1. The van der Waals surface area contributed by atoms with Crippen LogP contribution in [0.4, 0.5) is 0 Å². The van der Waals surface area contributed by atoms with Gasteiger partial charge in [0.2, 0.25) is 0 Å². The average molecular weight is 264 g/mol. The lowest BCUT2D eigenvalue weighted by Gasteiger charge is -2.25. The molecule has 0 atom stereocenters. The van der Waals surface area contributed by atoms with Crippen molar-refractivity contribution in [2.45, 2.75) is 12.1 Å². The van der Waals surface area contributed by atoms with Gasteiger partial charge in [0.25, 0.3) is 0 Å². The second kappa shape index (κ2) is 8.60. The van der Waals surface area contributed by atoms with Gasteiger partial charge in [0.15, 0.2) is 0 Å². The van der Waals surface area contributed by atoms with Crippen molar-refractivity contribution >= 4 is 23.5 Å². The molecule has 1 aliphatic rings. The van der Waals surface area contributed by atoms with Crippen molar-refractivity contribution < 1.29 is 0 Å². The van der Waals surface area contributed by atoms with Gasteiger partial charge in [0, 0.05) is 37.7 Å². The smallest absolute Gasteiger partial charge is 0.0892 e. The van der Waals surface area contributed by atoms with E-state index in [0.717, 1.165) is 24.6 Å². The molecule has 0 aromatic carbocycles. The summed E-state index contributed by atoms with van der Waals surface area (Å²) in [6.07, 6.45) is 1.31. The van der Waals surface area contributed by atoms with Crippen LogP contribution < -0.4 is 22.1 Å². The summed E-state index contributed by atoms with van der Waals surface area (Å²) in [4.78, 5) is 0. The van der Waals surface area contributed by atoms with Crippen LogP contribution in [0.3, 0.4) is 0 Å². The predicted molar refractivity (Wildman–Crippen MR) is 76.1 cm³/mol. The first-order valence-corrected chi connectivity index (χ1v) is 8.16. The Bertz CT molecular complexity index is 162. The van der Waals surface area contributed by atoms with Crippen LogP contribution in [0.15, 0.2) is 0 Å². The molecular weight excluding hydrogens is 240 g/mol. The highest BCUT2D eigenvalue weighted by atomic mass is 32.2. The third kappa shape index (κ3) is 7.76. The first kappa shape index (κ1) is 14.6. The van der Waals surface area contributed by atoms with E-state index in [9.17, 15) is 0 Å². The fourth-order valence-corrected chi connectivity index (χ4v) is 3.33. The molecule has 16 heavy (non-hydrogen) atoms. The maximum atomic E-state index is 5.97. The molecule has 0 unspecified atom stereocenters. The molecule has 1 fully saturated rings. The second-order valence-corrected chi connectivity index (χ2v) is 6.61. The van der Waals surface area contributed by atoms with Crippen LogP contribution >= 0.6 is 23.5 Å². The highest BCUT2D eigenvalue weighted by Crippen LogP contribution is 2.07. The molecule has 1 saturated heterocycles. The molecule has 1 aliphatic heterocycles. The third-order valence-electron chi connectivity index (χ3n) is 2.33. The molecule has 1 heterocycles. The monoisotopic (exact) mass is 264 g/mol. The number of hydrogen-bond acceptors (Lipinski definition) is 6. The van der Waals surface area contributed by atoms with E-state index in [-0.39, 0.29) is 0 Å². The minimum absolute atomic E-state index is 0.626. The molecule has 0 amide bonds. The van der Waals surface area contributed by atoms with Gasteiger partial charge in [-0.1, -0.05) is 0 Å². The molecule has 0 aromatic rings. The molecule has 6 N–H and O–H groups in total. The lowest BCUT2D eigenvalue weighted by atomic mass is 10.2. The highest BCUT2D eigenvalue weighted by Gasteiger charge is 2.17. The number of thioether (sulfide) groups is 2. The normalized spacial score (nSPS) is 25.9. The minimum Gasteiger partial charge on any atom is -0.313 e. The summed E-state index contributed by atoms with van der Waals surface area (Å²) in [5.41, 5.74) is 11.3. The molecule has 4 nitrogen and oxygen atoms in total. The summed E-state index contributed by atoms with van der Waals surface area (Å²) < 4.78 is 0. The number of nitrogens with two attached hydrogens (primary N) is 2. The average Bonchev–Trinajstić information content (AvgIpc) is 2.24. The van der Waals surface area contributed by atoms with Crippen LogP contribution in [-0.4, -0.2) is 54.9 Å². The fourth-order valence-electron chi connectivity index (χ4n) is 1.46. The Balaban J connectivity index is 2.22. The standard InChI is InChI=1S/C10H24N4S2/c11-10(12)8-13-2-6-15-4-1-5-16-7-3-14-9-10/h13-14H,1-9,11-12H2. The molecule has 0 aliphatic carbocycles. The zero-order valence-corrected chi connectivity index (χ0v) is 11.5. The van der Waals surface area contributed by atoms with Gasteiger partial charge in [-0.25, -0.2) is 0 Å². The van der Waals surface area contributed by atoms with Crippen molar-refractivity contribution in [1.82, 2.24) is 10.6 Å².